The summed E-state index contributed by atoms with van der Waals surface area (Å²) >= 11 is 0. The van der Waals surface area contributed by atoms with Crippen molar-refractivity contribution in [1.29, 1.82) is 0 Å². The van der Waals surface area contributed by atoms with Crippen LogP contribution in [0.3, 0.4) is 0 Å². The molecule has 1 heterocycles. The standard InChI is InChI=1S/C16H23NO2/c1-11-8-14(19-3)6-7-15(11)16(18)9-12(2)17(10-16)13-4-5-13/h6-8,12-13,18H,4-5,9-10H2,1-3H3. The number of hydrogen-bond donors (Lipinski definition) is 1. The zero-order valence-corrected chi connectivity index (χ0v) is 12.0. The molecule has 19 heavy (non-hydrogen) atoms. The van der Waals surface area contributed by atoms with Crippen LogP contribution in [0.15, 0.2) is 18.2 Å². The Morgan fingerprint density at radius 3 is 2.68 bits per heavy atom. The molecule has 0 amide bonds. The van der Waals surface area contributed by atoms with Crippen LogP contribution in [0, 0.1) is 6.92 Å². The Hall–Kier alpha value is -1.06. The average Bonchev–Trinajstić information content (AvgIpc) is 3.15. The molecule has 0 bridgehead atoms. The lowest BCUT2D eigenvalue weighted by Gasteiger charge is -2.26. The highest BCUT2D eigenvalue weighted by Gasteiger charge is 2.47. The topological polar surface area (TPSA) is 32.7 Å². The number of rotatable bonds is 3. The molecule has 0 aromatic heterocycles. The number of likely N-dealkylation sites (tertiary alicyclic amines) is 1. The normalized spacial score (nSPS) is 31.7. The summed E-state index contributed by atoms with van der Waals surface area (Å²) in [5, 5.41) is 11.0. The second-order valence-corrected chi connectivity index (χ2v) is 6.17. The summed E-state index contributed by atoms with van der Waals surface area (Å²) in [6, 6.07) is 7.17. The summed E-state index contributed by atoms with van der Waals surface area (Å²) in [5.41, 5.74) is 1.48. The predicted octanol–water partition coefficient (Wildman–Crippen LogP) is 2.45. The third kappa shape index (κ3) is 2.26. The van der Waals surface area contributed by atoms with E-state index in [1.54, 1.807) is 7.11 Å². The molecule has 1 N–H and O–H groups in total. The minimum absolute atomic E-state index is 0.471. The van der Waals surface area contributed by atoms with Gasteiger partial charge >= 0.3 is 0 Å². The molecule has 3 nitrogen and oxygen atoms in total. The van der Waals surface area contributed by atoms with Gasteiger partial charge in [-0.3, -0.25) is 4.90 Å². The minimum atomic E-state index is -0.696. The molecule has 1 saturated carbocycles. The number of aliphatic hydroxyl groups is 1. The van der Waals surface area contributed by atoms with Gasteiger partial charge in [0.05, 0.1) is 7.11 Å². The van der Waals surface area contributed by atoms with Gasteiger partial charge in [-0.2, -0.15) is 0 Å². The summed E-state index contributed by atoms with van der Waals surface area (Å²) in [6.07, 6.45) is 3.42. The van der Waals surface area contributed by atoms with Crippen molar-refractivity contribution >= 4 is 0 Å². The molecule has 0 radical (unpaired) electrons. The maximum absolute atomic E-state index is 11.0. The van der Waals surface area contributed by atoms with E-state index in [2.05, 4.69) is 18.7 Å². The van der Waals surface area contributed by atoms with Crippen molar-refractivity contribution in [2.24, 2.45) is 0 Å². The Bertz CT molecular complexity index is 484. The number of benzene rings is 1. The Kier molecular flexibility index (Phi) is 3.06. The molecule has 0 spiro atoms. The van der Waals surface area contributed by atoms with E-state index in [-0.39, 0.29) is 0 Å². The number of hydrogen-bond acceptors (Lipinski definition) is 3. The van der Waals surface area contributed by atoms with Crippen LogP contribution in [0.2, 0.25) is 0 Å². The van der Waals surface area contributed by atoms with Gasteiger partial charge in [-0.05, 0) is 56.4 Å². The van der Waals surface area contributed by atoms with Gasteiger partial charge in [0.25, 0.3) is 0 Å². The molecule has 3 rings (SSSR count). The van der Waals surface area contributed by atoms with Crippen LogP contribution < -0.4 is 4.74 Å². The van der Waals surface area contributed by atoms with Crippen molar-refractivity contribution in [3.05, 3.63) is 29.3 Å². The van der Waals surface area contributed by atoms with Crippen LogP contribution >= 0.6 is 0 Å². The van der Waals surface area contributed by atoms with Crippen molar-refractivity contribution in [2.45, 2.75) is 50.8 Å². The van der Waals surface area contributed by atoms with E-state index in [1.165, 1.54) is 12.8 Å². The van der Waals surface area contributed by atoms with E-state index >= 15 is 0 Å². The maximum atomic E-state index is 11.0. The molecule has 104 valence electrons. The van der Waals surface area contributed by atoms with Crippen LogP contribution in [-0.2, 0) is 5.60 Å². The van der Waals surface area contributed by atoms with Gasteiger partial charge in [-0.15, -0.1) is 0 Å². The number of nitrogens with zero attached hydrogens (tertiary/aromatic N) is 1. The lowest BCUT2D eigenvalue weighted by Crippen LogP contribution is -2.33. The van der Waals surface area contributed by atoms with Crippen LogP contribution in [0.4, 0.5) is 0 Å². The van der Waals surface area contributed by atoms with Crippen LogP contribution in [0.25, 0.3) is 0 Å². The molecule has 3 heteroatoms. The maximum Gasteiger partial charge on any atom is 0.119 e. The molecular formula is C16H23NO2. The van der Waals surface area contributed by atoms with Gasteiger partial charge in [0.1, 0.15) is 11.4 Å². The molecule has 2 atom stereocenters. The summed E-state index contributed by atoms with van der Waals surface area (Å²) in [6.45, 7) is 5.06. The monoisotopic (exact) mass is 261 g/mol. The van der Waals surface area contributed by atoms with Gasteiger partial charge in [0, 0.05) is 18.6 Å². The predicted molar refractivity (Wildman–Crippen MR) is 75.4 cm³/mol. The Balaban J connectivity index is 1.88. The van der Waals surface area contributed by atoms with Gasteiger partial charge in [-0.1, -0.05) is 6.07 Å². The van der Waals surface area contributed by atoms with Crippen molar-refractivity contribution in [3.63, 3.8) is 0 Å². The van der Waals surface area contributed by atoms with Gasteiger partial charge in [0.15, 0.2) is 0 Å². The van der Waals surface area contributed by atoms with Crippen molar-refractivity contribution in [1.82, 2.24) is 4.90 Å². The zero-order chi connectivity index (χ0) is 13.6. The first-order valence-electron chi connectivity index (χ1n) is 7.17. The van der Waals surface area contributed by atoms with E-state index in [0.29, 0.717) is 12.1 Å². The van der Waals surface area contributed by atoms with E-state index in [4.69, 9.17) is 4.74 Å². The molecule has 1 aromatic rings. The lowest BCUT2D eigenvalue weighted by atomic mass is 9.88. The van der Waals surface area contributed by atoms with Crippen LogP contribution in [0.1, 0.15) is 37.3 Å². The first-order chi connectivity index (χ1) is 9.03. The quantitative estimate of drug-likeness (QED) is 0.907. The van der Waals surface area contributed by atoms with Crippen LogP contribution in [0.5, 0.6) is 5.75 Å². The SMILES string of the molecule is COc1ccc(C2(O)CC(C)N(C3CC3)C2)c(C)c1. The van der Waals surface area contributed by atoms with E-state index in [1.807, 2.05) is 18.2 Å². The summed E-state index contributed by atoms with van der Waals surface area (Å²) in [4.78, 5) is 2.48. The largest absolute Gasteiger partial charge is 0.497 e. The van der Waals surface area contributed by atoms with Gasteiger partial charge < -0.3 is 9.84 Å². The summed E-state index contributed by atoms with van der Waals surface area (Å²) in [7, 11) is 1.68. The second-order valence-electron chi connectivity index (χ2n) is 6.17. The van der Waals surface area contributed by atoms with E-state index in [9.17, 15) is 5.11 Å². The summed E-state index contributed by atoms with van der Waals surface area (Å²) < 4.78 is 5.24. The van der Waals surface area contributed by atoms with Gasteiger partial charge in [0.2, 0.25) is 0 Å². The van der Waals surface area contributed by atoms with E-state index < -0.39 is 5.60 Å². The fraction of sp³-hybridized carbons (Fsp3) is 0.625. The van der Waals surface area contributed by atoms with E-state index in [0.717, 1.165) is 29.8 Å². The molecule has 1 saturated heterocycles. The Labute approximate surface area is 115 Å². The number of β-amino-alcohol motifs (C(OH)–C–C–N with tert-alkyl or cyclic N) is 1. The first-order valence-corrected chi connectivity index (χ1v) is 7.17. The molecular weight excluding hydrogens is 238 g/mol. The number of aryl methyl sites for hydroxylation is 1. The zero-order valence-electron chi connectivity index (χ0n) is 12.0. The number of methoxy groups -OCH3 is 1. The minimum Gasteiger partial charge on any atom is -0.497 e. The third-order valence-corrected chi connectivity index (χ3v) is 4.59. The highest BCUT2D eigenvalue weighted by Crippen LogP contribution is 2.42. The average molecular weight is 261 g/mol. The molecule has 2 unspecified atom stereocenters. The third-order valence-electron chi connectivity index (χ3n) is 4.59. The molecule has 2 aliphatic rings. The fourth-order valence-electron chi connectivity index (χ4n) is 3.50. The van der Waals surface area contributed by atoms with Crippen molar-refractivity contribution in [2.75, 3.05) is 13.7 Å². The van der Waals surface area contributed by atoms with Gasteiger partial charge in [-0.25, -0.2) is 0 Å². The highest BCUT2D eigenvalue weighted by atomic mass is 16.5. The fourth-order valence-corrected chi connectivity index (χ4v) is 3.50. The first kappa shape index (κ1) is 12.9. The molecule has 1 aliphatic carbocycles. The summed E-state index contributed by atoms with van der Waals surface area (Å²) in [5.74, 6) is 0.856. The molecule has 2 fully saturated rings. The van der Waals surface area contributed by atoms with Crippen molar-refractivity contribution in [3.8, 4) is 5.75 Å². The Morgan fingerprint density at radius 1 is 1.37 bits per heavy atom. The highest BCUT2D eigenvalue weighted by molar-refractivity contribution is 5.39. The van der Waals surface area contributed by atoms with Crippen LogP contribution in [-0.4, -0.2) is 35.7 Å². The Morgan fingerprint density at radius 2 is 2.11 bits per heavy atom. The number of ether oxygens (including phenoxy) is 1. The van der Waals surface area contributed by atoms with Crippen molar-refractivity contribution < 1.29 is 9.84 Å². The second kappa shape index (κ2) is 4.50. The lowest BCUT2D eigenvalue weighted by molar-refractivity contribution is 0.0445. The molecule has 1 aliphatic heterocycles. The smallest absolute Gasteiger partial charge is 0.119 e. The molecule has 1 aromatic carbocycles.